The van der Waals surface area contributed by atoms with Crippen LogP contribution in [0.5, 0.6) is 0 Å². The first-order valence-electron chi connectivity index (χ1n) is 2.42. The molecule has 1 aromatic heterocycles. The van der Waals surface area contributed by atoms with Crippen LogP contribution in [0.15, 0.2) is 12.3 Å². The Morgan fingerprint density at radius 1 is 1.89 bits per heavy atom. The van der Waals surface area contributed by atoms with Crippen LogP contribution in [0.3, 0.4) is 0 Å². The van der Waals surface area contributed by atoms with Crippen LogP contribution in [0.4, 0.5) is 4.39 Å². The van der Waals surface area contributed by atoms with Crippen molar-refractivity contribution >= 4 is 5.91 Å². The molecular weight excluding hydrogens is 123 g/mol. The normalized spacial score (nSPS) is 9.56. The average Bonchev–Trinajstić information content (AvgIpc) is 2.13. The van der Waals surface area contributed by atoms with Gasteiger partial charge in [-0.3, -0.25) is 4.79 Å². The second-order valence-corrected chi connectivity index (χ2v) is 1.58. The van der Waals surface area contributed by atoms with Crippen molar-refractivity contribution in [2.75, 3.05) is 0 Å². The Kier molecular flexibility index (Phi) is 1.30. The van der Waals surface area contributed by atoms with Gasteiger partial charge in [0, 0.05) is 13.0 Å². The molecular formula is C5H5FN2O. The number of carbonyl (C=O) groups is 1. The Balaban J connectivity index is 3.08. The van der Waals surface area contributed by atoms with Gasteiger partial charge >= 0.3 is 0 Å². The number of hydrogen-bond donors (Lipinski definition) is 0. The quantitative estimate of drug-likeness (QED) is 0.515. The van der Waals surface area contributed by atoms with Crippen LogP contribution in [0.1, 0.15) is 11.7 Å². The Labute approximate surface area is 51.1 Å². The molecule has 0 N–H and O–H groups in total. The number of halogens is 1. The number of rotatable bonds is 0. The van der Waals surface area contributed by atoms with Gasteiger partial charge in [0.2, 0.25) is 11.9 Å². The molecule has 9 heavy (non-hydrogen) atoms. The van der Waals surface area contributed by atoms with Crippen molar-refractivity contribution in [1.82, 2.24) is 9.78 Å². The molecule has 0 fully saturated rings. The molecule has 0 spiro atoms. The Morgan fingerprint density at radius 3 is 2.78 bits per heavy atom. The first-order valence-corrected chi connectivity index (χ1v) is 2.42. The highest BCUT2D eigenvalue weighted by Gasteiger charge is 2.02. The molecule has 1 rings (SSSR count). The van der Waals surface area contributed by atoms with Gasteiger partial charge in [0.05, 0.1) is 6.20 Å². The van der Waals surface area contributed by atoms with E-state index >= 15 is 0 Å². The third-order valence-electron chi connectivity index (χ3n) is 0.895. The number of nitrogens with zero attached hydrogens (tertiary/aromatic N) is 2. The fourth-order valence-electron chi connectivity index (χ4n) is 0.519. The minimum absolute atomic E-state index is 0.419. The monoisotopic (exact) mass is 128 g/mol. The van der Waals surface area contributed by atoms with Crippen LogP contribution in [-0.4, -0.2) is 15.7 Å². The zero-order valence-corrected chi connectivity index (χ0v) is 4.84. The maximum atomic E-state index is 12.3. The van der Waals surface area contributed by atoms with Crippen LogP contribution in [0.25, 0.3) is 0 Å². The molecule has 0 radical (unpaired) electrons. The van der Waals surface area contributed by atoms with E-state index in [1.165, 1.54) is 13.1 Å². The number of aromatic nitrogens is 2. The van der Waals surface area contributed by atoms with E-state index in [-0.39, 0.29) is 0 Å². The molecule has 0 aliphatic carbocycles. The summed E-state index contributed by atoms with van der Waals surface area (Å²) in [6, 6.07) is 1.13. The summed E-state index contributed by atoms with van der Waals surface area (Å²) in [5.74, 6) is -1.04. The minimum atomic E-state index is -0.623. The molecule has 0 saturated carbocycles. The van der Waals surface area contributed by atoms with Gasteiger partial charge in [-0.2, -0.15) is 14.2 Å². The van der Waals surface area contributed by atoms with E-state index in [9.17, 15) is 9.18 Å². The summed E-state index contributed by atoms with van der Waals surface area (Å²) < 4.78 is 13.0. The van der Waals surface area contributed by atoms with Gasteiger partial charge in [0.15, 0.2) is 0 Å². The zero-order chi connectivity index (χ0) is 6.85. The highest BCUT2D eigenvalue weighted by atomic mass is 19.1. The molecule has 3 nitrogen and oxygen atoms in total. The summed E-state index contributed by atoms with van der Waals surface area (Å²) in [4.78, 5) is 10.4. The van der Waals surface area contributed by atoms with E-state index in [4.69, 9.17) is 0 Å². The molecule has 4 heteroatoms. The SMILES string of the molecule is CC(=O)n1nccc1F. The molecule has 1 aromatic rings. The highest BCUT2D eigenvalue weighted by molar-refractivity contribution is 5.74. The Bertz CT molecular complexity index is 231. The largest absolute Gasteiger partial charge is 0.273 e. The van der Waals surface area contributed by atoms with E-state index in [0.29, 0.717) is 4.68 Å². The number of carbonyl (C=O) groups excluding carboxylic acids is 1. The second kappa shape index (κ2) is 1.97. The summed E-state index contributed by atoms with van der Waals surface area (Å²) in [5, 5.41) is 3.41. The summed E-state index contributed by atoms with van der Waals surface area (Å²) in [7, 11) is 0. The summed E-state index contributed by atoms with van der Waals surface area (Å²) in [6.07, 6.45) is 1.23. The lowest BCUT2D eigenvalue weighted by Crippen LogP contribution is -2.09. The maximum Gasteiger partial charge on any atom is 0.246 e. The van der Waals surface area contributed by atoms with Crippen LogP contribution < -0.4 is 0 Å². The predicted octanol–water partition coefficient (Wildman–Crippen LogP) is 0.682. The summed E-state index contributed by atoms with van der Waals surface area (Å²) in [6.45, 7) is 1.25. The van der Waals surface area contributed by atoms with Crippen molar-refractivity contribution in [3.63, 3.8) is 0 Å². The molecule has 48 valence electrons. The molecule has 0 aliphatic rings. The van der Waals surface area contributed by atoms with Crippen molar-refractivity contribution in [1.29, 1.82) is 0 Å². The summed E-state index contributed by atoms with van der Waals surface area (Å²) in [5.41, 5.74) is 0. The van der Waals surface area contributed by atoms with Crippen molar-refractivity contribution in [2.45, 2.75) is 6.92 Å². The van der Waals surface area contributed by atoms with Gasteiger partial charge in [-0.25, -0.2) is 0 Å². The number of hydrogen-bond acceptors (Lipinski definition) is 2. The Morgan fingerprint density at radius 2 is 2.56 bits per heavy atom. The van der Waals surface area contributed by atoms with Crippen molar-refractivity contribution in [3.8, 4) is 0 Å². The van der Waals surface area contributed by atoms with Gasteiger partial charge in [-0.1, -0.05) is 0 Å². The van der Waals surface area contributed by atoms with Crippen LogP contribution in [-0.2, 0) is 0 Å². The highest BCUT2D eigenvalue weighted by Crippen LogP contribution is 1.93. The van der Waals surface area contributed by atoms with Crippen LogP contribution in [0.2, 0.25) is 0 Å². The molecule has 1 heterocycles. The van der Waals surface area contributed by atoms with Crippen LogP contribution in [0, 0.1) is 5.95 Å². The second-order valence-electron chi connectivity index (χ2n) is 1.58. The standard InChI is InChI=1S/C5H5FN2O/c1-4(9)8-5(6)2-3-7-8/h2-3H,1H3. The smallest absolute Gasteiger partial charge is 0.246 e. The van der Waals surface area contributed by atoms with Gasteiger partial charge in [0.1, 0.15) is 0 Å². The Hall–Kier alpha value is -1.19. The van der Waals surface area contributed by atoms with E-state index in [2.05, 4.69) is 5.10 Å². The van der Waals surface area contributed by atoms with Gasteiger partial charge in [-0.05, 0) is 0 Å². The first kappa shape index (κ1) is 5.94. The molecule has 0 aliphatic heterocycles. The molecule has 0 atom stereocenters. The third-order valence-corrected chi connectivity index (χ3v) is 0.895. The molecule has 0 saturated heterocycles. The van der Waals surface area contributed by atoms with Crippen LogP contribution >= 0.6 is 0 Å². The average molecular weight is 128 g/mol. The van der Waals surface area contributed by atoms with E-state index in [1.807, 2.05) is 0 Å². The van der Waals surface area contributed by atoms with Crippen molar-refractivity contribution in [3.05, 3.63) is 18.2 Å². The van der Waals surface area contributed by atoms with E-state index < -0.39 is 11.9 Å². The van der Waals surface area contributed by atoms with Gasteiger partial charge in [0.25, 0.3) is 0 Å². The minimum Gasteiger partial charge on any atom is -0.273 e. The summed E-state index contributed by atoms with van der Waals surface area (Å²) >= 11 is 0. The molecule has 0 aromatic carbocycles. The fraction of sp³-hybridized carbons (Fsp3) is 0.200. The van der Waals surface area contributed by atoms with Crippen molar-refractivity contribution < 1.29 is 9.18 Å². The topological polar surface area (TPSA) is 34.9 Å². The van der Waals surface area contributed by atoms with E-state index in [1.54, 1.807) is 0 Å². The predicted molar refractivity (Wildman–Crippen MR) is 28.5 cm³/mol. The van der Waals surface area contributed by atoms with E-state index in [0.717, 1.165) is 6.07 Å². The molecule has 0 bridgehead atoms. The van der Waals surface area contributed by atoms with Crippen molar-refractivity contribution in [2.24, 2.45) is 0 Å². The zero-order valence-electron chi connectivity index (χ0n) is 4.84. The lowest BCUT2D eigenvalue weighted by Gasteiger charge is -1.90. The third kappa shape index (κ3) is 0.960. The van der Waals surface area contributed by atoms with Gasteiger partial charge in [-0.15, -0.1) is 0 Å². The fourth-order valence-corrected chi connectivity index (χ4v) is 0.519. The molecule has 0 amide bonds. The lowest BCUT2D eigenvalue weighted by molar-refractivity contribution is 0.0906. The molecule has 0 unspecified atom stereocenters. The van der Waals surface area contributed by atoms with Gasteiger partial charge < -0.3 is 0 Å². The lowest BCUT2D eigenvalue weighted by atomic mass is 10.7. The first-order chi connectivity index (χ1) is 4.22. The maximum absolute atomic E-state index is 12.3.